The Morgan fingerprint density at radius 3 is 2.50 bits per heavy atom. The molecule has 9 nitrogen and oxygen atoms in total. The van der Waals surface area contributed by atoms with Crippen LogP contribution in [0.2, 0.25) is 0 Å². The second-order valence-corrected chi connectivity index (χ2v) is 9.60. The van der Waals surface area contributed by atoms with Crippen LogP contribution in [0.5, 0.6) is 0 Å². The number of carboxylic acids is 1. The number of sulfonamides is 1. The number of pyridine rings is 1. The van der Waals surface area contributed by atoms with Crippen molar-refractivity contribution in [2.24, 2.45) is 4.40 Å². The van der Waals surface area contributed by atoms with E-state index < -0.39 is 16.0 Å². The van der Waals surface area contributed by atoms with E-state index in [9.17, 15) is 18.5 Å². The van der Waals surface area contributed by atoms with Gasteiger partial charge in [0.2, 0.25) is 0 Å². The summed E-state index contributed by atoms with van der Waals surface area (Å²) < 4.78 is 38.3. The molecule has 0 saturated carbocycles. The Balaban J connectivity index is 1.79. The Hall–Kier alpha value is -5.01. The van der Waals surface area contributed by atoms with Gasteiger partial charge in [0.25, 0.3) is 10.0 Å². The number of aromatic nitrogens is 2. The van der Waals surface area contributed by atoms with Crippen molar-refractivity contribution in [2.75, 3.05) is 0 Å². The summed E-state index contributed by atoms with van der Waals surface area (Å²) in [5, 5.41) is 20.6. The van der Waals surface area contributed by atoms with Gasteiger partial charge < -0.3 is 9.52 Å². The van der Waals surface area contributed by atoms with E-state index in [0.717, 1.165) is 17.5 Å². The predicted molar refractivity (Wildman–Crippen MR) is 131 cm³/mol. The quantitative estimate of drug-likeness (QED) is 0.363. The standard InChI is InChI=1S/C26H14N4O5S/c27-14-19-23-18(13-16-5-1-4-8-22(16)35-23)24-28-20-6-2-3-7-21(20)30(24)25(19)29-36(33,34)17-11-9-15(10-12-17)26(31)32/h1-13H,(H,31,32)/b29-25-. The zero-order chi connectivity index (χ0) is 25.0. The number of carbonyl (C=O) groups is 1. The van der Waals surface area contributed by atoms with Gasteiger partial charge in [0.1, 0.15) is 17.2 Å². The molecule has 0 aliphatic rings. The molecule has 6 rings (SSSR count). The molecule has 0 atom stereocenters. The van der Waals surface area contributed by atoms with Crippen molar-refractivity contribution < 1.29 is 22.7 Å². The fourth-order valence-electron chi connectivity index (χ4n) is 4.19. The van der Waals surface area contributed by atoms with Crippen LogP contribution < -0.4 is 5.49 Å². The molecule has 0 aliphatic carbocycles. The highest BCUT2D eigenvalue weighted by molar-refractivity contribution is 7.90. The van der Waals surface area contributed by atoms with Gasteiger partial charge in [-0.1, -0.05) is 30.3 Å². The van der Waals surface area contributed by atoms with Crippen molar-refractivity contribution in [1.29, 1.82) is 5.26 Å². The number of rotatable bonds is 3. The van der Waals surface area contributed by atoms with Crippen LogP contribution in [0.15, 0.2) is 92.6 Å². The van der Waals surface area contributed by atoms with Crippen molar-refractivity contribution in [2.45, 2.75) is 4.90 Å². The third-order valence-corrected chi connectivity index (χ3v) is 7.14. The van der Waals surface area contributed by atoms with Gasteiger partial charge in [-0.15, -0.1) is 4.40 Å². The van der Waals surface area contributed by atoms with E-state index in [4.69, 9.17) is 14.5 Å². The first-order valence-electron chi connectivity index (χ1n) is 10.7. The molecule has 10 heteroatoms. The summed E-state index contributed by atoms with van der Waals surface area (Å²) in [6, 6.07) is 23.0. The molecule has 0 unspecified atom stereocenters. The number of nitriles is 1. The zero-order valence-electron chi connectivity index (χ0n) is 18.3. The van der Waals surface area contributed by atoms with Gasteiger partial charge in [-0.3, -0.25) is 4.40 Å². The summed E-state index contributed by atoms with van der Waals surface area (Å²) in [7, 11) is -4.35. The summed E-state index contributed by atoms with van der Waals surface area (Å²) in [5.41, 5.74) is 1.92. The van der Waals surface area contributed by atoms with E-state index in [1.54, 1.807) is 36.4 Å². The zero-order valence-corrected chi connectivity index (χ0v) is 19.1. The molecule has 0 saturated heterocycles. The van der Waals surface area contributed by atoms with Crippen LogP contribution in [0.25, 0.3) is 38.6 Å². The van der Waals surface area contributed by atoms with Crippen molar-refractivity contribution in [3.63, 3.8) is 0 Å². The lowest BCUT2D eigenvalue weighted by atomic mass is 10.1. The molecular formula is C26H14N4O5S. The minimum absolute atomic E-state index is 0.0639. The monoisotopic (exact) mass is 494 g/mol. The maximum absolute atomic E-state index is 13.3. The molecule has 3 aromatic carbocycles. The number of hydrogen-bond acceptors (Lipinski definition) is 6. The van der Waals surface area contributed by atoms with E-state index in [-0.39, 0.29) is 27.1 Å². The van der Waals surface area contributed by atoms with Gasteiger partial charge in [0, 0.05) is 5.39 Å². The Bertz CT molecular complexity index is 2100. The van der Waals surface area contributed by atoms with Crippen molar-refractivity contribution in [3.05, 3.63) is 95.5 Å². The Morgan fingerprint density at radius 1 is 1.03 bits per heavy atom. The lowest BCUT2D eigenvalue weighted by Crippen LogP contribution is -2.21. The summed E-state index contributed by atoms with van der Waals surface area (Å²) in [5.74, 6) is -1.18. The average Bonchev–Trinajstić information content (AvgIpc) is 3.28. The highest BCUT2D eigenvalue weighted by Crippen LogP contribution is 2.29. The summed E-state index contributed by atoms with van der Waals surface area (Å²) in [4.78, 5) is 15.6. The van der Waals surface area contributed by atoms with Crippen molar-refractivity contribution >= 4 is 54.6 Å². The van der Waals surface area contributed by atoms with E-state index in [2.05, 4.69) is 10.5 Å². The topological polar surface area (TPSA) is 138 Å². The third-order valence-electron chi connectivity index (χ3n) is 5.86. The largest absolute Gasteiger partial charge is 0.478 e. The van der Waals surface area contributed by atoms with E-state index in [1.807, 2.05) is 18.2 Å². The fourth-order valence-corrected chi connectivity index (χ4v) is 5.17. The van der Waals surface area contributed by atoms with Crippen molar-refractivity contribution in [3.8, 4) is 6.07 Å². The van der Waals surface area contributed by atoms with Gasteiger partial charge >= 0.3 is 5.97 Å². The number of carboxylic acid groups (broad SMARTS) is 1. The van der Waals surface area contributed by atoms with Crippen LogP contribution in [0.3, 0.4) is 0 Å². The number of imidazole rings is 1. The molecular weight excluding hydrogens is 480 g/mol. The number of para-hydroxylation sites is 3. The first kappa shape index (κ1) is 21.5. The van der Waals surface area contributed by atoms with Gasteiger partial charge in [-0.2, -0.15) is 13.7 Å². The highest BCUT2D eigenvalue weighted by Gasteiger charge is 2.21. The molecule has 0 aliphatic heterocycles. The van der Waals surface area contributed by atoms with Gasteiger partial charge in [0.15, 0.2) is 16.7 Å². The van der Waals surface area contributed by atoms with E-state index in [1.165, 1.54) is 16.5 Å². The molecule has 0 bridgehead atoms. The number of benzene rings is 3. The molecule has 0 amide bonds. The summed E-state index contributed by atoms with van der Waals surface area (Å²) in [6.07, 6.45) is 0. The Kier molecular flexibility index (Phi) is 4.64. The molecule has 3 aromatic heterocycles. The van der Waals surface area contributed by atoms with Crippen LogP contribution >= 0.6 is 0 Å². The van der Waals surface area contributed by atoms with Crippen LogP contribution in [0.1, 0.15) is 15.9 Å². The number of hydrogen-bond donors (Lipinski definition) is 1. The molecule has 0 radical (unpaired) electrons. The number of fused-ring (bicyclic) bond motifs is 6. The maximum Gasteiger partial charge on any atom is 0.335 e. The Labute approximate surface area is 202 Å². The van der Waals surface area contributed by atoms with Crippen LogP contribution in [-0.2, 0) is 10.0 Å². The molecule has 174 valence electrons. The number of aromatic carboxylic acids is 1. The summed E-state index contributed by atoms with van der Waals surface area (Å²) >= 11 is 0. The molecule has 6 aromatic rings. The number of nitrogens with zero attached hydrogens (tertiary/aromatic N) is 4. The van der Waals surface area contributed by atoms with Gasteiger partial charge in [-0.25, -0.2) is 9.78 Å². The van der Waals surface area contributed by atoms with Gasteiger partial charge in [-0.05, 0) is 48.5 Å². The Morgan fingerprint density at radius 2 is 1.75 bits per heavy atom. The fraction of sp³-hybridized carbons (Fsp3) is 0. The summed E-state index contributed by atoms with van der Waals surface area (Å²) in [6.45, 7) is 0. The van der Waals surface area contributed by atoms with E-state index >= 15 is 0 Å². The second kappa shape index (κ2) is 7.76. The average molecular weight is 494 g/mol. The third kappa shape index (κ3) is 3.22. The lowest BCUT2D eigenvalue weighted by Gasteiger charge is -2.08. The maximum atomic E-state index is 13.3. The SMILES string of the molecule is N#Cc1/c(=N/S(=O)(=O)c2ccc(C(=O)O)cc2)n2c3ccccc3nc2c2cc3ccccc3oc12. The second-order valence-electron chi connectivity index (χ2n) is 7.99. The first-order chi connectivity index (χ1) is 17.4. The molecule has 0 fully saturated rings. The van der Waals surface area contributed by atoms with Crippen molar-refractivity contribution in [1.82, 2.24) is 9.38 Å². The molecule has 3 heterocycles. The smallest absolute Gasteiger partial charge is 0.335 e. The molecule has 1 N–H and O–H groups in total. The predicted octanol–water partition coefficient (Wildman–Crippen LogP) is 4.25. The van der Waals surface area contributed by atoms with E-state index in [0.29, 0.717) is 27.6 Å². The lowest BCUT2D eigenvalue weighted by molar-refractivity contribution is 0.0696. The molecule has 36 heavy (non-hydrogen) atoms. The minimum Gasteiger partial charge on any atom is -0.478 e. The highest BCUT2D eigenvalue weighted by atomic mass is 32.2. The minimum atomic E-state index is -4.35. The normalized spacial score (nSPS) is 12.5. The van der Waals surface area contributed by atoms with Crippen LogP contribution in [-0.4, -0.2) is 28.9 Å². The molecule has 0 spiro atoms. The van der Waals surface area contributed by atoms with Gasteiger partial charge in [0.05, 0.1) is 26.9 Å². The van der Waals surface area contributed by atoms with Crippen LogP contribution in [0.4, 0.5) is 0 Å². The van der Waals surface area contributed by atoms with Crippen LogP contribution in [0, 0.1) is 11.3 Å². The first-order valence-corrected chi connectivity index (χ1v) is 12.1.